The molecule has 6 heteroatoms. The van der Waals surface area contributed by atoms with Crippen LogP contribution in [-0.2, 0) is 16.4 Å². The van der Waals surface area contributed by atoms with Crippen molar-refractivity contribution < 1.29 is 8.42 Å². The number of nitrogens with one attached hydrogen (secondary N) is 1. The van der Waals surface area contributed by atoms with E-state index in [1.807, 2.05) is 24.3 Å². The Hall–Kier alpha value is -1.21. The molecule has 0 aromatic heterocycles. The highest BCUT2D eigenvalue weighted by molar-refractivity contribution is 7.93. The van der Waals surface area contributed by atoms with E-state index in [1.165, 1.54) is 5.56 Å². The van der Waals surface area contributed by atoms with E-state index in [0.29, 0.717) is 17.9 Å². The van der Waals surface area contributed by atoms with Crippen LogP contribution in [0.5, 0.6) is 0 Å². The number of benzene rings is 1. The quantitative estimate of drug-likeness (QED) is 0.846. The summed E-state index contributed by atoms with van der Waals surface area (Å²) in [5.74, 6) is 0. The molecule has 0 unspecified atom stereocenters. The Bertz CT molecular complexity index is 692. The second kappa shape index (κ2) is 7.78. The second-order valence-electron chi connectivity index (χ2n) is 6.48. The Morgan fingerprint density at radius 1 is 1.04 bits per heavy atom. The van der Waals surface area contributed by atoms with E-state index in [2.05, 4.69) is 27.5 Å². The maximum Gasteiger partial charge on any atom is 0.236 e. The number of rotatable bonds is 6. The van der Waals surface area contributed by atoms with Gasteiger partial charge in [-0.15, -0.1) is 0 Å². The zero-order valence-electron chi connectivity index (χ0n) is 14.4. The van der Waals surface area contributed by atoms with Crippen LogP contribution in [0.15, 0.2) is 29.2 Å². The minimum absolute atomic E-state index is 0.480. The number of likely N-dealkylation sites (N-methyl/N-ethyl adjacent to an activating group) is 1. The molecule has 5 nitrogen and oxygen atoms in total. The van der Waals surface area contributed by atoms with Gasteiger partial charge in [0, 0.05) is 39.3 Å². The van der Waals surface area contributed by atoms with Crippen LogP contribution >= 0.6 is 0 Å². The van der Waals surface area contributed by atoms with Crippen molar-refractivity contribution in [3.63, 3.8) is 0 Å². The van der Waals surface area contributed by atoms with Crippen molar-refractivity contribution in [2.75, 3.05) is 45.8 Å². The Morgan fingerprint density at radius 3 is 2.50 bits per heavy atom. The van der Waals surface area contributed by atoms with Gasteiger partial charge in [-0.2, -0.15) is 0 Å². The van der Waals surface area contributed by atoms with Crippen molar-refractivity contribution >= 4 is 16.1 Å². The van der Waals surface area contributed by atoms with Crippen LogP contribution in [0.1, 0.15) is 24.5 Å². The van der Waals surface area contributed by atoms with Crippen LogP contribution in [0, 0.1) is 0 Å². The molecule has 0 radical (unpaired) electrons. The number of allylic oxidation sites excluding steroid dienone is 1. The lowest BCUT2D eigenvalue weighted by Gasteiger charge is -2.34. The third kappa shape index (κ3) is 4.25. The lowest BCUT2D eigenvalue weighted by Crippen LogP contribution is -2.48. The van der Waals surface area contributed by atoms with Gasteiger partial charge in [-0.1, -0.05) is 31.2 Å². The van der Waals surface area contributed by atoms with Crippen LogP contribution in [0.2, 0.25) is 0 Å². The second-order valence-corrected chi connectivity index (χ2v) is 8.30. The summed E-state index contributed by atoms with van der Waals surface area (Å²) < 4.78 is 27.8. The van der Waals surface area contributed by atoms with Gasteiger partial charge in [0.1, 0.15) is 0 Å². The SMILES string of the molecule is CCN1CCN(CCNS(=O)(=O)C2=Cc3ccccc3CC2)CC1. The van der Waals surface area contributed by atoms with E-state index in [4.69, 9.17) is 0 Å². The average molecular weight is 350 g/mol. The molecule has 1 aromatic rings. The predicted molar refractivity (Wildman–Crippen MR) is 98.2 cm³/mol. The molecule has 1 aliphatic carbocycles. The van der Waals surface area contributed by atoms with E-state index in [-0.39, 0.29) is 0 Å². The first-order valence-electron chi connectivity index (χ1n) is 8.81. The number of hydrogen-bond acceptors (Lipinski definition) is 4. The maximum absolute atomic E-state index is 12.5. The van der Waals surface area contributed by atoms with Crippen LogP contribution < -0.4 is 4.72 Å². The first-order valence-corrected chi connectivity index (χ1v) is 10.3. The molecular formula is C18H27N3O2S. The first kappa shape index (κ1) is 17.6. The highest BCUT2D eigenvalue weighted by atomic mass is 32.2. The molecule has 0 spiro atoms. The lowest BCUT2D eigenvalue weighted by molar-refractivity contribution is 0.139. The molecule has 1 aliphatic heterocycles. The molecule has 2 aliphatic rings. The third-order valence-electron chi connectivity index (χ3n) is 4.99. The van der Waals surface area contributed by atoms with Gasteiger partial charge in [-0.3, -0.25) is 4.90 Å². The largest absolute Gasteiger partial charge is 0.301 e. The topological polar surface area (TPSA) is 52.6 Å². The van der Waals surface area contributed by atoms with Gasteiger partial charge in [0.05, 0.1) is 4.91 Å². The first-order chi connectivity index (χ1) is 11.6. The van der Waals surface area contributed by atoms with Gasteiger partial charge in [0.25, 0.3) is 0 Å². The lowest BCUT2D eigenvalue weighted by atomic mass is 9.98. The van der Waals surface area contributed by atoms with Crippen molar-refractivity contribution in [1.82, 2.24) is 14.5 Å². The standard InChI is InChI=1S/C18H27N3O2S/c1-2-20-11-13-21(14-12-20)10-9-19-24(22,23)18-8-7-16-5-3-4-6-17(16)15-18/h3-6,15,19H,2,7-14H2,1H3. The Labute approximate surface area is 145 Å². The molecule has 3 rings (SSSR count). The van der Waals surface area contributed by atoms with Crippen molar-refractivity contribution in [2.45, 2.75) is 19.8 Å². The van der Waals surface area contributed by atoms with Crippen LogP contribution in [0.3, 0.4) is 0 Å². The van der Waals surface area contributed by atoms with Gasteiger partial charge in [-0.05, 0) is 36.6 Å². The van der Waals surface area contributed by atoms with Crippen molar-refractivity contribution in [2.24, 2.45) is 0 Å². The van der Waals surface area contributed by atoms with Gasteiger partial charge < -0.3 is 4.90 Å². The van der Waals surface area contributed by atoms with E-state index in [0.717, 1.165) is 51.3 Å². The van der Waals surface area contributed by atoms with E-state index in [1.54, 1.807) is 0 Å². The number of aryl methyl sites for hydroxylation is 1. The molecule has 1 fully saturated rings. The summed E-state index contributed by atoms with van der Waals surface area (Å²) in [5, 5.41) is 0. The molecule has 0 bridgehead atoms. The van der Waals surface area contributed by atoms with Crippen LogP contribution in [0.4, 0.5) is 0 Å². The van der Waals surface area contributed by atoms with Gasteiger partial charge >= 0.3 is 0 Å². The summed E-state index contributed by atoms with van der Waals surface area (Å²) >= 11 is 0. The molecule has 1 saturated heterocycles. The summed E-state index contributed by atoms with van der Waals surface area (Å²) in [6.07, 6.45) is 3.20. The molecule has 1 aromatic carbocycles. The molecule has 1 N–H and O–H groups in total. The zero-order chi connectivity index (χ0) is 17.0. The van der Waals surface area contributed by atoms with Gasteiger partial charge in [-0.25, -0.2) is 13.1 Å². The van der Waals surface area contributed by atoms with Gasteiger partial charge in [0.2, 0.25) is 10.0 Å². The molecule has 1 heterocycles. The van der Waals surface area contributed by atoms with E-state index >= 15 is 0 Å². The van der Waals surface area contributed by atoms with Crippen molar-refractivity contribution in [3.8, 4) is 0 Å². The number of hydrogen-bond donors (Lipinski definition) is 1. The monoisotopic (exact) mass is 349 g/mol. The van der Waals surface area contributed by atoms with Crippen molar-refractivity contribution in [3.05, 3.63) is 40.3 Å². The summed E-state index contributed by atoms with van der Waals surface area (Å²) in [6, 6.07) is 8.01. The Morgan fingerprint density at radius 2 is 1.75 bits per heavy atom. The number of fused-ring (bicyclic) bond motifs is 1. The molecule has 24 heavy (non-hydrogen) atoms. The number of nitrogens with zero attached hydrogens (tertiary/aromatic N) is 2. The fourth-order valence-corrected chi connectivity index (χ4v) is 4.58. The van der Waals surface area contributed by atoms with E-state index < -0.39 is 10.0 Å². The molecule has 0 amide bonds. The van der Waals surface area contributed by atoms with Crippen molar-refractivity contribution in [1.29, 1.82) is 0 Å². The molecule has 0 atom stereocenters. The third-order valence-corrected chi connectivity index (χ3v) is 6.59. The molecule has 0 saturated carbocycles. The zero-order valence-corrected chi connectivity index (χ0v) is 15.2. The van der Waals surface area contributed by atoms with Crippen LogP contribution in [0.25, 0.3) is 6.08 Å². The van der Waals surface area contributed by atoms with Gasteiger partial charge in [0.15, 0.2) is 0 Å². The Kier molecular flexibility index (Phi) is 5.71. The summed E-state index contributed by atoms with van der Waals surface area (Å²) in [7, 11) is -3.37. The summed E-state index contributed by atoms with van der Waals surface area (Å²) in [4.78, 5) is 5.27. The average Bonchev–Trinajstić information content (AvgIpc) is 2.62. The predicted octanol–water partition coefficient (Wildman–Crippen LogP) is 1.53. The normalized spacial score (nSPS) is 19.8. The fraction of sp³-hybridized carbons (Fsp3) is 0.556. The highest BCUT2D eigenvalue weighted by Gasteiger charge is 2.22. The maximum atomic E-state index is 12.5. The minimum Gasteiger partial charge on any atom is -0.301 e. The fourth-order valence-electron chi connectivity index (χ4n) is 3.38. The smallest absolute Gasteiger partial charge is 0.236 e. The van der Waals surface area contributed by atoms with E-state index in [9.17, 15) is 8.42 Å². The van der Waals surface area contributed by atoms with Crippen LogP contribution in [-0.4, -0.2) is 64.0 Å². The molecule has 132 valence electrons. The number of piperazine rings is 1. The Balaban J connectivity index is 1.53. The highest BCUT2D eigenvalue weighted by Crippen LogP contribution is 2.26. The summed E-state index contributed by atoms with van der Waals surface area (Å²) in [5.41, 5.74) is 2.25. The summed E-state index contributed by atoms with van der Waals surface area (Å²) in [6.45, 7) is 8.72. The minimum atomic E-state index is -3.37. The number of sulfonamides is 1. The molecular weight excluding hydrogens is 322 g/mol.